The zero-order valence-corrected chi connectivity index (χ0v) is 7.11. The van der Waals surface area contributed by atoms with E-state index in [0.717, 1.165) is 5.56 Å². The van der Waals surface area contributed by atoms with Gasteiger partial charge in [0.2, 0.25) is 0 Å². The standard InChI is InChI=1S/C10H11FO2/c11-8-3-1-7(2-4-8)9-5-13-6-10(9)12/h1-4,9-10,12H,5-6H2/t9-,10-/m1/s1. The molecule has 0 saturated carbocycles. The fraction of sp³-hybridized carbons (Fsp3) is 0.400. The third-order valence-corrected chi connectivity index (χ3v) is 2.35. The van der Waals surface area contributed by atoms with E-state index in [-0.39, 0.29) is 11.7 Å². The van der Waals surface area contributed by atoms with Crippen molar-refractivity contribution < 1.29 is 14.2 Å². The van der Waals surface area contributed by atoms with Crippen molar-refractivity contribution in [2.24, 2.45) is 0 Å². The van der Waals surface area contributed by atoms with E-state index in [1.54, 1.807) is 12.1 Å². The average Bonchev–Trinajstić information content (AvgIpc) is 2.53. The van der Waals surface area contributed by atoms with Gasteiger partial charge in [-0.2, -0.15) is 0 Å². The van der Waals surface area contributed by atoms with E-state index in [4.69, 9.17) is 4.74 Å². The summed E-state index contributed by atoms with van der Waals surface area (Å²) in [6.45, 7) is 0.898. The molecule has 0 aromatic heterocycles. The van der Waals surface area contributed by atoms with Gasteiger partial charge in [0.05, 0.1) is 19.3 Å². The zero-order valence-electron chi connectivity index (χ0n) is 7.11. The number of rotatable bonds is 1. The van der Waals surface area contributed by atoms with E-state index in [2.05, 4.69) is 0 Å². The molecular formula is C10H11FO2. The molecule has 70 valence electrons. The minimum atomic E-state index is -0.453. The highest BCUT2D eigenvalue weighted by molar-refractivity contribution is 5.22. The number of hydrogen-bond acceptors (Lipinski definition) is 2. The zero-order chi connectivity index (χ0) is 9.26. The molecule has 0 aliphatic carbocycles. The Balaban J connectivity index is 2.20. The highest BCUT2D eigenvalue weighted by Gasteiger charge is 2.27. The van der Waals surface area contributed by atoms with Crippen LogP contribution in [0.4, 0.5) is 4.39 Å². The predicted octanol–water partition coefficient (Wildman–Crippen LogP) is 1.30. The summed E-state index contributed by atoms with van der Waals surface area (Å²) in [7, 11) is 0. The van der Waals surface area contributed by atoms with E-state index in [1.807, 2.05) is 0 Å². The molecule has 2 rings (SSSR count). The lowest BCUT2D eigenvalue weighted by atomic mass is 9.96. The Kier molecular flexibility index (Phi) is 2.29. The maximum atomic E-state index is 12.6. The fourth-order valence-electron chi connectivity index (χ4n) is 1.57. The largest absolute Gasteiger partial charge is 0.390 e. The van der Waals surface area contributed by atoms with Gasteiger partial charge in [0.1, 0.15) is 5.82 Å². The van der Waals surface area contributed by atoms with Crippen LogP contribution in [-0.4, -0.2) is 24.4 Å². The first kappa shape index (κ1) is 8.66. The molecule has 1 N–H and O–H groups in total. The molecular weight excluding hydrogens is 171 g/mol. The summed E-state index contributed by atoms with van der Waals surface area (Å²) >= 11 is 0. The number of aliphatic hydroxyl groups is 1. The lowest BCUT2D eigenvalue weighted by Gasteiger charge is -2.11. The van der Waals surface area contributed by atoms with E-state index in [1.165, 1.54) is 12.1 Å². The Labute approximate surface area is 76.0 Å². The number of aliphatic hydroxyl groups excluding tert-OH is 1. The second-order valence-electron chi connectivity index (χ2n) is 3.26. The Hall–Kier alpha value is -0.930. The SMILES string of the molecule is O[C@@H]1COC[C@@H]1c1ccc(F)cc1. The summed E-state index contributed by atoms with van der Waals surface area (Å²) < 4.78 is 17.7. The van der Waals surface area contributed by atoms with E-state index in [9.17, 15) is 9.50 Å². The van der Waals surface area contributed by atoms with E-state index >= 15 is 0 Å². The van der Waals surface area contributed by atoms with Crippen LogP contribution in [0.3, 0.4) is 0 Å². The Morgan fingerprint density at radius 3 is 2.46 bits per heavy atom. The van der Waals surface area contributed by atoms with Crippen LogP contribution in [0.25, 0.3) is 0 Å². The predicted molar refractivity (Wildman–Crippen MR) is 46.0 cm³/mol. The molecule has 0 amide bonds. The quantitative estimate of drug-likeness (QED) is 0.709. The van der Waals surface area contributed by atoms with Crippen molar-refractivity contribution >= 4 is 0 Å². The van der Waals surface area contributed by atoms with Crippen molar-refractivity contribution in [2.75, 3.05) is 13.2 Å². The highest BCUT2D eigenvalue weighted by atomic mass is 19.1. The second kappa shape index (κ2) is 3.44. The molecule has 1 aliphatic heterocycles. The van der Waals surface area contributed by atoms with Gasteiger partial charge < -0.3 is 9.84 Å². The molecule has 0 bridgehead atoms. The highest BCUT2D eigenvalue weighted by Crippen LogP contribution is 2.25. The third-order valence-electron chi connectivity index (χ3n) is 2.35. The number of ether oxygens (including phenoxy) is 1. The molecule has 1 aromatic rings. The molecule has 1 aliphatic rings. The summed E-state index contributed by atoms with van der Waals surface area (Å²) in [5.74, 6) is -0.252. The fourth-order valence-corrected chi connectivity index (χ4v) is 1.57. The normalized spacial score (nSPS) is 27.8. The summed E-state index contributed by atoms with van der Waals surface area (Å²) in [6, 6.07) is 6.19. The molecule has 0 radical (unpaired) electrons. The second-order valence-corrected chi connectivity index (χ2v) is 3.26. The average molecular weight is 182 g/mol. The maximum Gasteiger partial charge on any atom is 0.123 e. The lowest BCUT2D eigenvalue weighted by Crippen LogP contribution is -2.15. The van der Waals surface area contributed by atoms with Gasteiger partial charge >= 0.3 is 0 Å². The molecule has 2 atom stereocenters. The van der Waals surface area contributed by atoms with Gasteiger partial charge in [0.15, 0.2) is 0 Å². The van der Waals surface area contributed by atoms with Gasteiger partial charge in [0, 0.05) is 5.92 Å². The van der Waals surface area contributed by atoms with E-state index in [0.29, 0.717) is 13.2 Å². The minimum Gasteiger partial charge on any atom is -0.390 e. The van der Waals surface area contributed by atoms with Gasteiger partial charge in [0.25, 0.3) is 0 Å². The Morgan fingerprint density at radius 1 is 1.23 bits per heavy atom. The summed E-state index contributed by atoms with van der Waals surface area (Å²) in [5.41, 5.74) is 0.936. The topological polar surface area (TPSA) is 29.5 Å². The van der Waals surface area contributed by atoms with Crippen LogP contribution < -0.4 is 0 Å². The molecule has 0 spiro atoms. The maximum absolute atomic E-state index is 12.6. The van der Waals surface area contributed by atoms with Crippen molar-refractivity contribution in [3.63, 3.8) is 0 Å². The molecule has 1 saturated heterocycles. The molecule has 1 aromatic carbocycles. The van der Waals surface area contributed by atoms with E-state index < -0.39 is 6.10 Å². The number of halogens is 1. The van der Waals surface area contributed by atoms with Crippen LogP contribution in [-0.2, 0) is 4.74 Å². The third kappa shape index (κ3) is 1.71. The van der Waals surface area contributed by atoms with Crippen molar-refractivity contribution in [3.8, 4) is 0 Å². The van der Waals surface area contributed by atoms with Crippen LogP contribution in [0.5, 0.6) is 0 Å². The monoisotopic (exact) mass is 182 g/mol. The van der Waals surface area contributed by atoms with Gasteiger partial charge in [-0.05, 0) is 17.7 Å². The van der Waals surface area contributed by atoms with Gasteiger partial charge in [-0.25, -0.2) is 4.39 Å². The molecule has 0 unspecified atom stereocenters. The molecule has 1 fully saturated rings. The first-order valence-electron chi connectivity index (χ1n) is 4.28. The molecule has 2 nitrogen and oxygen atoms in total. The molecule has 13 heavy (non-hydrogen) atoms. The smallest absolute Gasteiger partial charge is 0.123 e. The van der Waals surface area contributed by atoms with Crippen LogP contribution in [0, 0.1) is 5.82 Å². The van der Waals surface area contributed by atoms with Crippen molar-refractivity contribution in [1.82, 2.24) is 0 Å². The van der Waals surface area contributed by atoms with Crippen LogP contribution >= 0.6 is 0 Å². The van der Waals surface area contributed by atoms with Gasteiger partial charge in [-0.1, -0.05) is 12.1 Å². The lowest BCUT2D eigenvalue weighted by molar-refractivity contribution is 0.124. The first-order valence-corrected chi connectivity index (χ1v) is 4.28. The summed E-state index contributed by atoms with van der Waals surface area (Å²) in [4.78, 5) is 0. The van der Waals surface area contributed by atoms with Crippen molar-refractivity contribution in [3.05, 3.63) is 35.6 Å². The van der Waals surface area contributed by atoms with Crippen molar-refractivity contribution in [2.45, 2.75) is 12.0 Å². The van der Waals surface area contributed by atoms with Gasteiger partial charge in [-0.15, -0.1) is 0 Å². The Morgan fingerprint density at radius 2 is 1.92 bits per heavy atom. The summed E-state index contributed by atoms with van der Waals surface area (Å²) in [5, 5.41) is 9.49. The molecule has 1 heterocycles. The van der Waals surface area contributed by atoms with Gasteiger partial charge in [-0.3, -0.25) is 0 Å². The first-order chi connectivity index (χ1) is 6.27. The molecule has 3 heteroatoms. The van der Waals surface area contributed by atoms with Crippen LogP contribution in [0.15, 0.2) is 24.3 Å². The summed E-state index contributed by atoms with van der Waals surface area (Å²) in [6.07, 6.45) is -0.453. The van der Waals surface area contributed by atoms with Crippen molar-refractivity contribution in [1.29, 1.82) is 0 Å². The number of hydrogen-bond donors (Lipinski definition) is 1. The minimum absolute atomic E-state index is 0.000556. The van der Waals surface area contributed by atoms with Crippen LogP contribution in [0.2, 0.25) is 0 Å². The number of benzene rings is 1. The Bertz CT molecular complexity index is 283. The van der Waals surface area contributed by atoms with Crippen LogP contribution in [0.1, 0.15) is 11.5 Å².